The zero-order chi connectivity index (χ0) is 9.22. The van der Waals surface area contributed by atoms with Gasteiger partial charge in [0.05, 0.1) is 0 Å². The van der Waals surface area contributed by atoms with Gasteiger partial charge < -0.3 is 4.57 Å². The molecule has 1 saturated carbocycles. The van der Waals surface area contributed by atoms with Crippen molar-refractivity contribution in [3.8, 4) is 0 Å². The summed E-state index contributed by atoms with van der Waals surface area (Å²) in [5.41, 5.74) is 0.437. The van der Waals surface area contributed by atoms with Crippen LogP contribution in [0.1, 0.15) is 32.5 Å². The van der Waals surface area contributed by atoms with Gasteiger partial charge in [0.15, 0.2) is 0 Å². The first-order valence-corrected chi connectivity index (χ1v) is 4.97. The molecule has 70 valence electrons. The first-order valence-electron chi connectivity index (χ1n) is 4.97. The Morgan fingerprint density at radius 2 is 2.23 bits per heavy atom. The Kier molecular flexibility index (Phi) is 1.14. The van der Waals surface area contributed by atoms with Crippen LogP contribution in [0.3, 0.4) is 0 Å². The summed E-state index contributed by atoms with van der Waals surface area (Å²) in [6.07, 6.45) is 1.86. The van der Waals surface area contributed by atoms with E-state index < -0.39 is 0 Å². The highest BCUT2D eigenvalue weighted by Crippen LogP contribution is 2.64. The van der Waals surface area contributed by atoms with E-state index in [4.69, 9.17) is 0 Å². The van der Waals surface area contributed by atoms with Gasteiger partial charge in [-0.1, -0.05) is 20.8 Å². The third-order valence-electron chi connectivity index (χ3n) is 3.52. The van der Waals surface area contributed by atoms with E-state index in [-0.39, 0.29) is 0 Å². The number of hydrogen-bond donors (Lipinski definition) is 0. The van der Waals surface area contributed by atoms with E-state index >= 15 is 0 Å². The first-order chi connectivity index (χ1) is 6.09. The minimum absolute atomic E-state index is 0.437. The van der Waals surface area contributed by atoms with Crippen LogP contribution in [0.5, 0.6) is 0 Å². The largest absolute Gasteiger partial charge is 0.317 e. The minimum Gasteiger partial charge on any atom is -0.317 e. The molecule has 0 spiro atoms. The first kappa shape index (κ1) is 7.54. The highest BCUT2D eigenvalue weighted by molar-refractivity contribution is 5.23. The molecule has 0 saturated heterocycles. The zero-order valence-electron chi connectivity index (χ0n) is 8.36. The van der Waals surface area contributed by atoms with Gasteiger partial charge in [-0.2, -0.15) is 0 Å². The molecule has 0 aromatic carbocycles. The predicted molar refractivity (Wildman–Crippen MR) is 49.2 cm³/mol. The molecular formula is C10H15N3. The topological polar surface area (TPSA) is 30.7 Å². The van der Waals surface area contributed by atoms with Crippen LogP contribution in [0.25, 0.3) is 0 Å². The molecule has 3 atom stereocenters. The van der Waals surface area contributed by atoms with Crippen molar-refractivity contribution in [2.75, 3.05) is 0 Å². The molecule has 2 heterocycles. The fourth-order valence-corrected chi connectivity index (χ4v) is 3.02. The lowest BCUT2D eigenvalue weighted by atomic mass is 9.87. The van der Waals surface area contributed by atoms with Crippen LogP contribution >= 0.6 is 0 Å². The Hall–Kier alpha value is -0.860. The van der Waals surface area contributed by atoms with E-state index in [0.717, 1.165) is 18.4 Å². The van der Waals surface area contributed by atoms with Gasteiger partial charge in [0.1, 0.15) is 12.2 Å². The molecule has 3 rings (SSSR count). The van der Waals surface area contributed by atoms with E-state index in [0.29, 0.717) is 11.3 Å². The molecule has 1 fully saturated rings. The van der Waals surface area contributed by atoms with Crippen LogP contribution in [0.15, 0.2) is 6.33 Å². The molecule has 1 aromatic rings. The van der Waals surface area contributed by atoms with Crippen molar-refractivity contribution in [3.63, 3.8) is 0 Å². The summed E-state index contributed by atoms with van der Waals surface area (Å²) < 4.78 is 2.21. The summed E-state index contributed by atoms with van der Waals surface area (Å²) in [6.45, 7) is 8.14. The van der Waals surface area contributed by atoms with E-state index in [2.05, 4.69) is 35.5 Å². The maximum absolute atomic E-state index is 4.20. The summed E-state index contributed by atoms with van der Waals surface area (Å²) in [6, 6.07) is 0. The lowest BCUT2D eigenvalue weighted by Gasteiger charge is -2.20. The fraction of sp³-hybridized carbons (Fsp3) is 0.800. The van der Waals surface area contributed by atoms with Gasteiger partial charge in [-0.25, -0.2) is 0 Å². The lowest BCUT2D eigenvalue weighted by molar-refractivity contribution is 0.308. The highest BCUT2D eigenvalue weighted by atomic mass is 15.3. The monoisotopic (exact) mass is 177 g/mol. The van der Waals surface area contributed by atoms with Crippen LogP contribution in [-0.2, 0) is 6.54 Å². The lowest BCUT2D eigenvalue weighted by Crippen LogP contribution is -2.14. The van der Waals surface area contributed by atoms with Gasteiger partial charge >= 0.3 is 0 Å². The van der Waals surface area contributed by atoms with Crippen LogP contribution in [0.2, 0.25) is 0 Å². The SMILES string of the molecule is CC(C)(C)C1C2Cn3cnnc3C21. The minimum atomic E-state index is 0.437. The molecule has 1 aliphatic heterocycles. The van der Waals surface area contributed by atoms with E-state index in [9.17, 15) is 0 Å². The van der Waals surface area contributed by atoms with E-state index in [1.807, 2.05) is 6.33 Å². The Labute approximate surface area is 78.2 Å². The maximum Gasteiger partial charge on any atom is 0.136 e. The summed E-state index contributed by atoms with van der Waals surface area (Å²) in [5, 5.41) is 8.15. The average Bonchev–Trinajstić information content (AvgIpc) is 2.39. The smallest absolute Gasteiger partial charge is 0.136 e. The Morgan fingerprint density at radius 1 is 1.46 bits per heavy atom. The standard InChI is InChI=1S/C10H15N3/c1-10(2,3)8-6-4-13-5-11-12-9(13)7(6)8/h5-8H,4H2,1-3H3. The molecule has 3 nitrogen and oxygen atoms in total. The van der Waals surface area contributed by atoms with Crippen molar-refractivity contribution in [3.05, 3.63) is 12.2 Å². The zero-order valence-corrected chi connectivity index (χ0v) is 8.36. The summed E-state index contributed by atoms with van der Waals surface area (Å²) >= 11 is 0. The van der Waals surface area contributed by atoms with Gasteiger partial charge in [-0.05, 0) is 17.3 Å². The predicted octanol–water partition coefficient (Wildman–Crippen LogP) is 1.67. The molecule has 0 N–H and O–H groups in total. The van der Waals surface area contributed by atoms with Gasteiger partial charge in [0.2, 0.25) is 0 Å². The molecular weight excluding hydrogens is 162 g/mol. The molecule has 0 amide bonds. The van der Waals surface area contributed by atoms with Crippen molar-refractivity contribution >= 4 is 0 Å². The molecule has 2 aliphatic rings. The Balaban J connectivity index is 1.93. The Morgan fingerprint density at radius 3 is 2.92 bits per heavy atom. The van der Waals surface area contributed by atoms with E-state index in [1.54, 1.807) is 0 Å². The van der Waals surface area contributed by atoms with E-state index in [1.165, 1.54) is 5.82 Å². The molecule has 13 heavy (non-hydrogen) atoms. The summed E-state index contributed by atoms with van der Waals surface area (Å²) in [7, 11) is 0. The Bertz CT molecular complexity index is 347. The molecule has 1 aliphatic carbocycles. The molecule has 0 radical (unpaired) electrons. The van der Waals surface area contributed by atoms with Crippen molar-refractivity contribution in [1.29, 1.82) is 0 Å². The highest BCUT2D eigenvalue weighted by Gasteiger charge is 2.61. The molecule has 0 bridgehead atoms. The van der Waals surface area contributed by atoms with Crippen molar-refractivity contribution < 1.29 is 0 Å². The second kappa shape index (κ2) is 1.97. The number of nitrogens with zero attached hydrogens (tertiary/aromatic N) is 3. The van der Waals surface area contributed by atoms with Crippen LogP contribution in [-0.4, -0.2) is 14.8 Å². The van der Waals surface area contributed by atoms with Crippen molar-refractivity contribution in [2.24, 2.45) is 17.3 Å². The van der Waals surface area contributed by atoms with Gasteiger partial charge in [0, 0.05) is 12.5 Å². The second-order valence-electron chi connectivity index (χ2n) is 5.42. The normalized spacial score (nSPS) is 35.8. The third-order valence-corrected chi connectivity index (χ3v) is 3.52. The average molecular weight is 177 g/mol. The molecule has 1 aromatic heterocycles. The number of rotatable bonds is 0. The summed E-state index contributed by atoms with van der Waals surface area (Å²) in [4.78, 5) is 0. The van der Waals surface area contributed by atoms with Gasteiger partial charge in [-0.3, -0.25) is 0 Å². The molecule has 3 unspecified atom stereocenters. The maximum atomic E-state index is 4.20. The summed E-state index contributed by atoms with van der Waals surface area (Å²) in [5.74, 6) is 3.63. The van der Waals surface area contributed by atoms with Crippen LogP contribution < -0.4 is 0 Å². The molecule has 3 heteroatoms. The van der Waals surface area contributed by atoms with Gasteiger partial charge in [0.25, 0.3) is 0 Å². The van der Waals surface area contributed by atoms with Crippen molar-refractivity contribution in [1.82, 2.24) is 14.8 Å². The number of aromatic nitrogens is 3. The fourth-order valence-electron chi connectivity index (χ4n) is 3.02. The number of hydrogen-bond acceptors (Lipinski definition) is 2. The second-order valence-corrected chi connectivity index (χ2v) is 5.42. The number of fused-ring (bicyclic) bond motifs is 3. The quantitative estimate of drug-likeness (QED) is 0.603. The third kappa shape index (κ3) is 0.847. The van der Waals surface area contributed by atoms with Crippen LogP contribution in [0, 0.1) is 17.3 Å². The van der Waals surface area contributed by atoms with Crippen molar-refractivity contribution in [2.45, 2.75) is 33.2 Å². The van der Waals surface area contributed by atoms with Gasteiger partial charge in [-0.15, -0.1) is 10.2 Å². The van der Waals surface area contributed by atoms with Crippen LogP contribution in [0.4, 0.5) is 0 Å².